The van der Waals surface area contributed by atoms with Crippen molar-refractivity contribution in [2.75, 3.05) is 0 Å². The highest BCUT2D eigenvalue weighted by atomic mass is 16.5. The lowest BCUT2D eigenvalue weighted by atomic mass is 9.91. The Hall–Kier alpha value is -5.16. The number of hydrogen-bond acceptors (Lipinski definition) is 3. The fourth-order valence-electron chi connectivity index (χ4n) is 7.52. The maximum Gasteiger partial charge on any atom is 0.137 e. The number of benzene rings is 4. The van der Waals surface area contributed by atoms with Crippen LogP contribution >= 0.6 is 0 Å². The Labute approximate surface area is 296 Å². The summed E-state index contributed by atoms with van der Waals surface area (Å²) >= 11 is 0. The van der Waals surface area contributed by atoms with Gasteiger partial charge in [0.25, 0.3) is 0 Å². The van der Waals surface area contributed by atoms with Crippen LogP contribution < -0.4 is 4.74 Å². The Morgan fingerprint density at radius 3 is 2.16 bits per heavy atom. The van der Waals surface area contributed by atoms with Crippen molar-refractivity contribution >= 4 is 21.8 Å². The topological polar surface area (TPSA) is 44.9 Å². The molecule has 0 atom stereocenters. The van der Waals surface area contributed by atoms with Crippen LogP contribution in [-0.4, -0.2) is 19.3 Å². The van der Waals surface area contributed by atoms with Crippen LogP contribution in [0.1, 0.15) is 81.1 Å². The fourth-order valence-corrected chi connectivity index (χ4v) is 7.52. The van der Waals surface area contributed by atoms with Gasteiger partial charge in [-0.2, -0.15) is 5.10 Å². The first-order chi connectivity index (χ1) is 24.2. The minimum absolute atomic E-state index is 0.315. The second kappa shape index (κ2) is 13.6. The lowest BCUT2D eigenvalue weighted by Gasteiger charge is -2.16. The van der Waals surface area contributed by atoms with Crippen LogP contribution in [-0.2, 0) is 19.3 Å². The highest BCUT2D eigenvalue weighted by Gasteiger charge is 2.21. The highest BCUT2D eigenvalue weighted by molar-refractivity contribution is 6.09. The summed E-state index contributed by atoms with van der Waals surface area (Å²) in [5, 5.41) is 7.52. The second-order valence-corrected chi connectivity index (χ2v) is 14.3. The number of aromatic nitrogens is 4. The SMILES string of the molecule is CCc1cccc(CC)c1-c1c(C)nn(-c2cc(Oc3ccc4c5ccccc5n(-c5cc(CC(C)C)ccn5)c4c3)cc(C(C)C)c2)c1C. The molecule has 5 nitrogen and oxygen atoms in total. The lowest BCUT2D eigenvalue weighted by molar-refractivity contribution is 0.481. The maximum atomic E-state index is 6.76. The predicted molar refractivity (Wildman–Crippen MR) is 209 cm³/mol. The van der Waals surface area contributed by atoms with Gasteiger partial charge in [-0.1, -0.05) is 77.9 Å². The van der Waals surface area contributed by atoms with Gasteiger partial charge in [0.05, 0.1) is 22.4 Å². The zero-order chi connectivity index (χ0) is 35.1. The third-order valence-electron chi connectivity index (χ3n) is 9.93. The number of ether oxygens (including phenoxy) is 1. The molecule has 0 N–H and O–H groups in total. The van der Waals surface area contributed by atoms with E-state index in [1.54, 1.807) is 0 Å². The van der Waals surface area contributed by atoms with Crippen LogP contribution in [0.5, 0.6) is 11.5 Å². The van der Waals surface area contributed by atoms with E-state index in [0.717, 1.165) is 64.7 Å². The standard InChI is InChI=1S/C45H48N4O/c1-9-33-14-13-15-34(10-2)45(33)44-30(7)47-49(31(44)8)36-24-35(29(5)6)25-38(26-36)50-37-18-19-40-39-16-11-12-17-41(39)48(42(40)27-37)43-23-32(20-21-46-43)22-28(3)4/h11-21,23-29H,9-10,22H2,1-8H3. The molecule has 7 rings (SSSR count). The highest BCUT2D eigenvalue weighted by Crippen LogP contribution is 2.38. The molecule has 0 bridgehead atoms. The predicted octanol–water partition coefficient (Wildman–Crippen LogP) is 11.9. The van der Waals surface area contributed by atoms with Gasteiger partial charge in [-0.15, -0.1) is 0 Å². The summed E-state index contributed by atoms with van der Waals surface area (Å²) in [6.07, 6.45) is 4.91. The van der Waals surface area contributed by atoms with Crippen LogP contribution in [0.2, 0.25) is 0 Å². The van der Waals surface area contributed by atoms with E-state index in [1.807, 2.05) is 6.20 Å². The van der Waals surface area contributed by atoms with Crippen molar-refractivity contribution in [3.05, 3.63) is 131 Å². The van der Waals surface area contributed by atoms with Gasteiger partial charge < -0.3 is 4.74 Å². The summed E-state index contributed by atoms with van der Waals surface area (Å²) in [6, 6.07) is 32.6. The molecule has 254 valence electrons. The van der Waals surface area contributed by atoms with Crippen molar-refractivity contribution < 1.29 is 4.74 Å². The Kier molecular flexibility index (Phi) is 9.09. The van der Waals surface area contributed by atoms with E-state index in [9.17, 15) is 0 Å². The minimum Gasteiger partial charge on any atom is -0.457 e. The van der Waals surface area contributed by atoms with Gasteiger partial charge in [-0.25, -0.2) is 9.67 Å². The average Bonchev–Trinajstić information content (AvgIpc) is 3.59. The number of pyridine rings is 1. The molecular weight excluding hydrogens is 613 g/mol. The zero-order valence-corrected chi connectivity index (χ0v) is 30.7. The molecule has 0 radical (unpaired) electrons. The van der Waals surface area contributed by atoms with E-state index < -0.39 is 0 Å². The van der Waals surface area contributed by atoms with Crippen molar-refractivity contribution in [1.82, 2.24) is 19.3 Å². The van der Waals surface area contributed by atoms with Gasteiger partial charge in [0.1, 0.15) is 17.3 Å². The van der Waals surface area contributed by atoms with Crippen LogP contribution in [0.15, 0.2) is 97.2 Å². The molecule has 0 spiro atoms. The molecule has 0 aliphatic carbocycles. The van der Waals surface area contributed by atoms with E-state index in [1.165, 1.54) is 44.2 Å². The molecule has 0 unspecified atom stereocenters. The number of nitrogens with zero attached hydrogens (tertiary/aromatic N) is 4. The van der Waals surface area contributed by atoms with Crippen LogP contribution in [0.25, 0.3) is 44.4 Å². The van der Waals surface area contributed by atoms with Crippen molar-refractivity contribution in [2.24, 2.45) is 5.92 Å². The van der Waals surface area contributed by atoms with Crippen molar-refractivity contribution in [2.45, 2.75) is 80.6 Å². The van der Waals surface area contributed by atoms with Crippen LogP contribution in [0.3, 0.4) is 0 Å². The van der Waals surface area contributed by atoms with Gasteiger partial charge in [-0.05, 0) is 115 Å². The van der Waals surface area contributed by atoms with E-state index >= 15 is 0 Å². The molecule has 0 aliphatic rings. The van der Waals surface area contributed by atoms with Crippen LogP contribution in [0.4, 0.5) is 0 Å². The summed E-state index contributed by atoms with van der Waals surface area (Å²) in [5.74, 6) is 3.38. The fraction of sp³-hybridized carbons (Fsp3) is 0.289. The molecule has 0 saturated carbocycles. The van der Waals surface area contributed by atoms with Gasteiger partial charge in [0.15, 0.2) is 0 Å². The summed E-state index contributed by atoms with van der Waals surface area (Å²) in [7, 11) is 0. The molecule has 7 aromatic rings. The first-order valence-electron chi connectivity index (χ1n) is 18.2. The zero-order valence-electron chi connectivity index (χ0n) is 30.7. The molecule has 0 amide bonds. The molecular formula is C45H48N4O. The minimum atomic E-state index is 0.315. The van der Waals surface area contributed by atoms with E-state index in [0.29, 0.717) is 11.8 Å². The van der Waals surface area contributed by atoms with Crippen LogP contribution in [0, 0.1) is 19.8 Å². The Morgan fingerprint density at radius 1 is 0.700 bits per heavy atom. The molecule has 5 heteroatoms. The van der Waals surface area contributed by atoms with Gasteiger partial charge in [-0.3, -0.25) is 4.57 Å². The molecule has 3 heterocycles. The smallest absolute Gasteiger partial charge is 0.137 e. The quantitative estimate of drug-likeness (QED) is 0.147. The third kappa shape index (κ3) is 6.10. The van der Waals surface area contributed by atoms with E-state index in [2.05, 4.69) is 156 Å². The number of aryl methyl sites for hydroxylation is 3. The molecule has 0 saturated heterocycles. The molecule has 4 aromatic carbocycles. The van der Waals surface area contributed by atoms with Gasteiger partial charge in [0.2, 0.25) is 0 Å². The maximum absolute atomic E-state index is 6.76. The molecule has 0 aliphatic heterocycles. The van der Waals surface area contributed by atoms with Crippen molar-refractivity contribution in [1.29, 1.82) is 0 Å². The summed E-state index contributed by atoms with van der Waals surface area (Å²) < 4.78 is 11.1. The summed E-state index contributed by atoms with van der Waals surface area (Å²) in [6.45, 7) is 17.8. The number of fused-ring (bicyclic) bond motifs is 3. The van der Waals surface area contributed by atoms with Crippen molar-refractivity contribution in [3.63, 3.8) is 0 Å². The lowest BCUT2D eigenvalue weighted by Crippen LogP contribution is -2.03. The Morgan fingerprint density at radius 2 is 1.44 bits per heavy atom. The molecule has 0 fully saturated rings. The van der Waals surface area contributed by atoms with Gasteiger partial charge >= 0.3 is 0 Å². The van der Waals surface area contributed by atoms with E-state index in [-0.39, 0.29) is 0 Å². The molecule has 3 aromatic heterocycles. The average molecular weight is 661 g/mol. The number of rotatable bonds is 10. The first-order valence-corrected chi connectivity index (χ1v) is 18.2. The number of hydrogen-bond donors (Lipinski definition) is 0. The monoisotopic (exact) mass is 660 g/mol. The van der Waals surface area contributed by atoms with E-state index in [4.69, 9.17) is 14.8 Å². The Bertz CT molecular complexity index is 2320. The van der Waals surface area contributed by atoms with Crippen molar-refractivity contribution in [3.8, 4) is 34.1 Å². The second-order valence-electron chi connectivity index (χ2n) is 14.3. The Balaban J connectivity index is 1.33. The third-order valence-corrected chi connectivity index (χ3v) is 9.93. The summed E-state index contributed by atoms with van der Waals surface area (Å²) in [4.78, 5) is 4.85. The number of para-hydroxylation sites is 1. The molecule has 50 heavy (non-hydrogen) atoms. The first kappa shape index (κ1) is 33.3. The largest absolute Gasteiger partial charge is 0.457 e. The summed E-state index contributed by atoms with van der Waals surface area (Å²) in [5.41, 5.74) is 13.2. The van der Waals surface area contributed by atoms with Gasteiger partial charge in [0, 0.05) is 40.4 Å². The normalized spacial score (nSPS) is 11.8.